The van der Waals surface area contributed by atoms with Crippen LogP contribution in [-0.2, 0) is 12.8 Å². The first kappa shape index (κ1) is 11.8. The first-order chi connectivity index (χ1) is 8.15. The normalized spacial score (nSPS) is 10.5. The molecule has 0 unspecified atom stereocenters. The van der Waals surface area contributed by atoms with Crippen molar-refractivity contribution < 1.29 is 4.39 Å². The van der Waals surface area contributed by atoms with Crippen LogP contribution in [0.4, 0.5) is 4.39 Å². The highest BCUT2D eigenvalue weighted by Gasteiger charge is 2.01. The number of hydrogen-bond donors (Lipinski definition) is 0. The Labute approximate surface area is 102 Å². The molecule has 17 heavy (non-hydrogen) atoms. The van der Waals surface area contributed by atoms with E-state index in [1.165, 1.54) is 22.8 Å². The summed E-state index contributed by atoms with van der Waals surface area (Å²) in [5.41, 5.74) is 4.88. The Morgan fingerprint density at radius 1 is 0.882 bits per heavy atom. The van der Waals surface area contributed by atoms with Crippen molar-refractivity contribution in [2.75, 3.05) is 0 Å². The van der Waals surface area contributed by atoms with Crippen LogP contribution in [-0.4, -0.2) is 0 Å². The highest BCUT2D eigenvalue weighted by molar-refractivity contribution is 5.28. The van der Waals surface area contributed by atoms with Crippen molar-refractivity contribution in [3.05, 3.63) is 70.5 Å². The zero-order chi connectivity index (χ0) is 12.3. The molecule has 0 atom stereocenters. The van der Waals surface area contributed by atoms with Gasteiger partial charge in [-0.05, 0) is 55.5 Å². The number of hydrogen-bond acceptors (Lipinski definition) is 0. The van der Waals surface area contributed by atoms with E-state index in [9.17, 15) is 4.39 Å². The fourth-order valence-corrected chi connectivity index (χ4v) is 1.97. The predicted octanol–water partition coefficient (Wildman–Crippen LogP) is 4.23. The summed E-state index contributed by atoms with van der Waals surface area (Å²) in [7, 11) is 0. The average molecular weight is 228 g/mol. The van der Waals surface area contributed by atoms with E-state index in [0.29, 0.717) is 0 Å². The third-order valence-electron chi connectivity index (χ3n) is 3.11. The summed E-state index contributed by atoms with van der Waals surface area (Å²) in [4.78, 5) is 0. The predicted molar refractivity (Wildman–Crippen MR) is 69.7 cm³/mol. The molecule has 0 amide bonds. The summed E-state index contributed by atoms with van der Waals surface area (Å²) in [5.74, 6) is -0.151. The van der Waals surface area contributed by atoms with Crippen molar-refractivity contribution in [1.82, 2.24) is 0 Å². The van der Waals surface area contributed by atoms with Gasteiger partial charge >= 0.3 is 0 Å². The van der Waals surface area contributed by atoms with E-state index in [1.54, 1.807) is 6.07 Å². The van der Waals surface area contributed by atoms with E-state index >= 15 is 0 Å². The molecule has 0 fully saturated rings. The molecule has 0 N–H and O–H groups in total. The summed E-state index contributed by atoms with van der Waals surface area (Å²) < 4.78 is 13.0. The number of benzene rings is 2. The first-order valence-electron chi connectivity index (χ1n) is 5.96. The van der Waals surface area contributed by atoms with E-state index in [4.69, 9.17) is 0 Å². The Kier molecular flexibility index (Phi) is 3.58. The van der Waals surface area contributed by atoms with Crippen LogP contribution in [0.5, 0.6) is 0 Å². The molecule has 0 radical (unpaired) electrons. The minimum Gasteiger partial charge on any atom is -0.207 e. The lowest BCUT2D eigenvalue weighted by Crippen LogP contribution is -1.95. The van der Waals surface area contributed by atoms with Gasteiger partial charge in [0.1, 0.15) is 5.82 Å². The van der Waals surface area contributed by atoms with Crippen LogP contribution >= 0.6 is 0 Å². The van der Waals surface area contributed by atoms with Crippen molar-refractivity contribution >= 4 is 0 Å². The van der Waals surface area contributed by atoms with Crippen LogP contribution in [0.2, 0.25) is 0 Å². The zero-order valence-electron chi connectivity index (χ0n) is 10.3. The van der Waals surface area contributed by atoms with Crippen LogP contribution in [0.1, 0.15) is 22.3 Å². The zero-order valence-corrected chi connectivity index (χ0v) is 10.3. The minimum absolute atomic E-state index is 0.151. The first-order valence-corrected chi connectivity index (χ1v) is 5.96. The maximum Gasteiger partial charge on any atom is 0.123 e. The Morgan fingerprint density at radius 3 is 2.24 bits per heavy atom. The molecule has 0 aromatic heterocycles. The second-order valence-corrected chi connectivity index (χ2v) is 4.56. The lowest BCUT2D eigenvalue weighted by Gasteiger charge is -2.06. The Balaban J connectivity index is 2.04. The number of halogens is 1. The second-order valence-electron chi connectivity index (χ2n) is 4.56. The highest BCUT2D eigenvalue weighted by Crippen LogP contribution is 2.13. The topological polar surface area (TPSA) is 0 Å². The van der Waals surface area contributed by atoms with Gasteiger partial charge in [-0.2, -0.15) is 0 Å². The maximum atomic E-state index is 13.0. The molecule has 0 saturated heterocycles. The summed E-state index contributed by atoms with van der Waals surface area (Å²) in [6, 6.07) is 13.6. The summed E-state index contributed by atoms with van der Waals surface area (Å²) in [6.45, 7) is 4.06. The van der Waals surface area contributed by atoms with E-state index < -0.39 is 0 Å². The van der Waals surface area contributed by atoms with Crippen molar-refractivity contribution in [2.45, 2.75) is 26.7 Å². The van der Waals surface area contributed by atoms with Gasteiger partial charge in [0.05, 0.1) is 0 Å². The highest BCUT2D eigenvalue weighted by atomic mass is 19.1. The Morgan fingerprint density at radius 2 is 1.59 bits per heavy atom. The Hall–Kier alpha value is -1.63. The van der Waals surface area contributed by atoms with E-state index in [2.05, 4.69) is 31.2 Å². The van der Waals surface area contributed by atoms with Gasteiger partial charge in [-0.15, -0.1) is 0 Å². The number of rotatable bonds is 3. The molecule has 0 spiro atoms. The van der Waals surface area contributed by atoms with E-state index in [1.807, 2.05) is 13.0 Å². The molecule has 0 bridgehead atoms. The molecule has 0 aliphatic carbocycles. The molecule has 0 nitrogen and oxygen atoms in total. The van der Waals surface area contributed by atoms with Crippen LogP contribution in [0, 0.1) is 19.7 Å². The van der Waals surface area contributed by atoms with Crippen LogP contribution in [0.15, 0.2) is 42.5 Å². The van der Waals surface area contributed by atoms with Gasteiger partial charge in [0.2, 0.25) is 0 Å². The van der Waals surface area contributed by atoms with E-state index in [0.717, 1.165) is 18.4 Å². The van der Waals surface area contributed by atoms with Gasteiger partial charge in [0, 0.05) is 0 Å². The average Bonchev–Trinajstić information content (AvgIpc) is 2.30. The number of aryl methyl sites for hydroxylation is 4. The molecule has 0 aliphatic heterocycles. The van der Waals surface area contributed by atoms with Gasteiger partial charge in [0.15, 0.2) is 0 Å². The maximum absolute atomic E-state index is 13.0. The van der Waals surface area contributed by atoms with Crippen LogP contribution in [0.25, 0.3) is 0 Å². The van der Waals surface area contributed by atoms with E-state index in [-0.39, 0.29) is 5.82 Å². The van der Waals surface area contributed by atoms with Gasteiger partial charge < -0.3 is 0 Å². The van der Waals surface area contributed by atoms with Crippen molar-refractivity contribution in [2.24, 2.45) is 0 Å². The smallest absolute Gasteiger partial charge is 0.123 e. The van der Waals surface area contributed by atoms with Gasteiger partial charge in [-0.3, -0.25) is 0 Å². The summed E-state index contributed by atoms with van der Waals surface area (Å²) >= 11 is 0. The third kappa shape index (κ3) is 3.16. The third-order valence-corrected chi connectivity index (χ3v) is 3.11. The minimum atomic E-state index is -0.151. The van der Waals surface area contributed by atoms with Crippen LogP contribution < -0.4 is 0 Å². The lowest BCUT2D eigenvalue weighted by atomic mass is 10.00. The molecular formula is C16H17F. The molecule has 2 aromatic carbocycles. The van der Waals surface area contributed by atoms with Crippen molar-refractivity contribution in [1.29, 1.82) is 0 Å². The molecular weight excluding hydrogens is 211 g/mol. The molecule has 0 saturated carbocycles. The second kappa shape index (κ2) is 5.13. The quantitative estimate of drug-likeness (QED) is 0.737. The standard InChI is InChI=1S/C16H17F/c1-12-3-5-14(6-4-12)7-8-15-9-10-16(17)11-13(15)2/h3-6,9-11H,7-8H2,1-2H3. The van der Waals surface area contributed by atoms with Crippen molar-refractivity contribution in [3.8, 4) is 0 Å². The lowest BCUT2D eigenvalue weighted by molar-refractivity contribution is 0.625. The largest absolute Gasteiger partial charge is 0.207 e. The molecule has 0 aliphatic rings. The molecule has 88 valence electrons. The van der Waals surface area contributed by atoms with Gasteiger partial charge in [-0.1, -0.05) is 35.9 Å². The summed E-state index contributed by atoms with van der Waals surface area (Å²) in [6.07, 6.45) is 1.97. The molecule has 1 heteroatoms. The molecule has 2 aromatic rings. The monoisotopic (exact) mass is 228 g/mol. The Bertz CT molecular complexity index is 497. The van der Waals surface area contributed by atoms with Crippen molar-refractivity contribution in [3.63, 3.8) is 0 Å². The SMILES string of the molecule is Cc1ccc(CCc2ccc(F)cc2C)cc1. The summed E-state index contributed by atoms with van der Waals surface area (Å²) in [5, 5.41) is 0. The fourth-order valence-electron chi connectivity index (χ4n) is 1.97. The van der Waals surface area contributed by atoms with Gasteiger partial charge in [-0.25, -0.2) is 4.39 Å². The molecule has 0 heterocycles. The van der Waals surface area contributed by atoms with Crippen LogP contribution in [0.3, 0.4) is 0 Å². The van der Waals surface area contributed by atoms with Gasteiger partial charge in [0.25, 0.3) is 0 Å². The fraction of sp³-hybridized carbons (Fsp3) is 0.250. The molecule has 2 rings (SSSR count).